The van der Waals surface area contributed by atoms with E-state index in [1.807, 2.05) is 6.92 Å². The van der Waals surface area contributed by atoms with Gasteiger partial charge in [0, 0.05) is 44.2 Å². The fourth-order valence-electron chi connectivity index (χ4n) is 4.20. The normalized spacial score (nSPS) is 19.1. The molecule has 6 heteroatoms. The molecule has 2 aromatic rings. The molecule has 1 amide bonds. The van der Waals surface area contributed by atoms with Crippen LogP contribution in [0.15, 0.2) is 18.2 Å². The van der Waals surface area contributed by atoms with Gasteiger partial charge in [-0.25, -0.2) is 9.97 Å². The van der Waals surface area contributed by atoms with Gasteiger partial charge in [-0.3, -0.25) is 4.79 Å². The van der Waals surface area contributed by atoms with Crippen molar-refractivity contribution in [3.05, 3.63) is 29.5 Å². The summed E-state index contributed by atoms with van der Waals surface area (Å²) in [4.78, 5) is 24.3. The average molecular weight is 383 g/mol. The predicted octanol–water partition coefficient (Wildman–Crippen LogP) is 3.01. The molecule has 1 aromatic heterocycles. The Morgan fingerprint density at radius 2 is 1.89 bits per heavy atom. The highest BCUT2D eigenvalue weighted by Crippen LogP contribution is 2.25. The number of ether oxygens (including phenoxy) is 1. The number of amides is 1. The smallest absolute Gasteiger partial charge is 0.226 e. The van der Waals surface area contributed by atoms with E-state index in [1.54, 1.807) is 0 Å². The Bertz CT molecular complexity index is 840. The van der Waals surface area contributed by atoms with Crippen LogP contribution in [0.5, 0.6) is 0 Å². The summed E-state index contributed by atoms with van der Waals surface area (Å²) in [5.41, 5.74) is 3.23. The lowest BCUT2D eigenvalue weighted by molar-refractivity contribution is -0.125. The van der Waals surface area contributed by atoms with Crippen molar-refractivity contribution in [3.63, 3.8) is 0 Å². The van der Waals surface area contributed by atoms with Crippen molar-refractivity contribution in [2.24, 2.45) is 11.8 Å². The van der Waals surface area contributed by atoms with E-state index in [0.717, 1.165) is 81.1 Å². The number of rotatable bonds is 4. The van der Waals surface area contributed by atoms with Gasteiger partial charge >= 0.3 is 0 Å². The van der Waals surface area contributed by atoms with Crippen LogP contribution in [0.1, 0.15) is 36.9 Å². The molecule has 2 fully saturated rings. The third kappa shape index (κ3) is 4.27. The number of carbonyl (C=O) groups is 1. The number of hydrogen-bond acceptors (Lipinski definition) is 5. The summed E-state index contributed by atoms with van der Waals surface area (Å²) < 4.78 is 5.39. The van der Waals surface area contributed by atoms with Crippen LogP contribution in [0, 0.1) is 25.7 Å². The molecule has 0 atom stereocenters. The van der Waals surface area contributed by atoms with Gasteiger partial charge in [0.1, 0.15) is 0 Å². The number of carbonyl (C=O) groups excluding carboxylic acids is 1. The molecule has 0 spiro atoms. The summed E-state index contributed by atoms with van der Waals surface area (Å²) in [6.45, 7) is 8.22. The van der Waals surface area contributed by atoms with Crippen molar-refractivity contribution < 1.29 is 9.53 Å². The van der Waals surface area contributed by atoms with Crippen molar-refractivity contribution in [1.82, 2.24) is 15.3 Å². The second kappa shape index (κ2) is 8.43. The van der Waals surface area contributed by atoms with Gasteiger partial charge in [-0.05, 0) is 57.6 Å². The molecule has 0 aliphatic carbocycles. The van der Waals surface area contributed by atoms with E-state index in [0.29, 0.717) is 5.92 Å². The van der Waals surface area contributed by atoms with Crippen molar-refractivity contribution >= 4 is 22.8 Å². The molecule has 2 saturated heterocycles. The SMILES string of the molecule is Cc1ccc2nc(N3CCC(C(=O)NCC4CCOCC4)CC3)nc(C)c2c1. The zero-order valence-electron chi connectivity index (χ0n) is 16.9. The van der Waals surface area contributed by atoms with Gasteiger partial charge in [0.2, 0.25) is 11.9 Å². The van der Waals surface area contributed by atoms with E-state index in [1.165, 1.54) is 5.56 Å². The quantitative estimate of drug-likeness (QED) is 0.880. The molecule has 0 unspecified atom stereocenters. The first-order chi connectivity index (χ1) is 13.6. The average Bonchev–Trinajstić information content (AvgIpc) is 2.73. The Hall–Kier alpha value is -2.21. The maximum atomic E-state index is 12.6. The predicted molar refractivity (Wildman–Crippen MR) is 111 cm³/mol. The molecule has 4 rings (SSSR count). The lowest BCUT2D eigenvalue weighted by atomic mass is 9.95. The first kappa shape index (κ1) is 19.1. The van der Waals surface area contributed by atoms with E-state index in [-0.39, 0.29) is 11.8 Å². The summed E-state index contributed by atoms with van der Waals surface area (Å²) in [5, 5.41) is 4.29. The number of anilines is 1. The van der Waals surface area contributed by atoms with Crippen LogP contribution in [-0.2, 0) is 9.53 Å². The van der Waals surface area contributed by atoms with Gasteiger partial charge in [-0.15, -0.1) is 0 Å². The fraction of sp³-hybridized carbons (Fsp3) is 0.591. The van der Waals surface area contributed by atoms with Crippen LogP contribution in [0.3, 0.4) is 0 Å². The molecule has 3 heterocycles. The van der Waals surface area contributed by atoms with Crippen molar-refractivity contribution in [2.45, 2.75) is 39.5 Å². The molecule has 2 aliphatic rings. The van der Waals surface area contributed by atoms with Gasteiger partial charge in [-0.1, -0.05) is 11.6 Å². The third-order valence-corrected chi connectivity index (χ3v) is 6.08. The summed E-state index contributed by atoms with van der Waals surface area (Å²) in [5.74, 6) is 1.66. The Balaban J connectivity index is 1.34. The van der Waals surface area contributed by atoms with Crippen molar-refractivity contribution in [3.8, 4) is 0 Å². The minimum Gasteiger partial charge on any atom is -0.381 e. The number of benzene rings is 1. The zero-order valence-corrected chi connectivity index (χ0v) is 16.9. The number of hydrogen-bond donors (Lipinski definition) is 1. The number of aromatic nitrogens is 2. The summed E-state index contributed by atoms with van der Waals surface area (Å²) >= 11 is 0. The van der Waals surface area contributed by atoms with E-state index in [9.17, 15) is 4.79 Å². The van der Waals surface area contributed by atoms with Crippen molar-refractivity contribution in [2.75, 3.05) is 37.7 Å². The molecule has 2 aliphatic heterocycles. The summed E-state index contributed by atoms with van der Waals surface area (Å²) in [6, 6.07) is 6.30. The monoisotopic (exact) mass is 382 g/mol. The highest BCUT2D eigenvalue weighted by Gasteiger charge is 2.27. The maximum Gasteiger partial charge on any atom is 0.226 e. The second-order valence-corrected chi connectivity index (χ2v) is 8.19. The Morgan fingerprint density at radius 1 is 1.14 bits per heavy atom. The molecule has 28 heavy (non-hydrogen) atoms. The number of aryl methyl sites for hydroxylation is 2. The Kier molecular flexibility index (Phi) is 5.76. The molecule has 1 N–H and O–H groups in total. The number of nitrogens with one attached hydrogen (secondary N) is 1. The molecule has 1 aromatic carbocycles. The topological polar surface area (TPSA) is 67.4 Å². The van der Waals surface area contributed by atoms with Gasteiger partial charge in [0.05, 0.1) is 11.2 Å². The lowest BCUT2D eigenvalue weighted by Crippen LogP contribution is -2.42. The second-order valence-electron chi connectivity index (χ2n) is 8.19. The molecular formula is C22H30N4O2. The molecule has 0 radical (unpaired) electrons. The largest absolute Gasteiger partial charge is 0.381 e. The molecule has 0 saturated carbocycles. The van der Waals surface area contributed by atoms with Crippen LogP contribution < -0.4 is 10.2 Å². The van der Waals surface area contributed by atoms with Gasteiger partial charge in [-0.2, -0.15) is 0 Å². The molecule has 6 nitrogen and oxygen atoms in total. The number of fused-ring (bicyclic) bond motifs is 1. The number of piperidine rings is 1. The van der Waals surface area contributed by atoms with Crippen LogP contribution in [0.25, 0.3) is 10.9 Å². The van der Waals surface area contributed by atoms with Crippen LogP contribution in [0.4, 0.5) is 5.95 Å². The van der Waals surface area contributed by atoms with E-state index < -0.39 is 0 Å². The van der Waals surface area contributed by atoms with E-state index >= 15 is 0 Å². The number of nitrogens with zero attached hydrogens (tertiary/aromatic N) is 3. The summed E-state index contributed by atoms with van der Waals surface area (Å²) in [7, 11) is 0. The summed E-state index contributed by atoms with van der Waals surface area (Å²) in [6.07, 6.45) is 3.82. The van der Waals surface area contributed by atoms with Crippen LogP contribution in [0.2, 0.25) is 0 Å². The highest BCUT2D eigenvalue weighted by atomic mass is 16.5. The molecule has 150 valence electrons. The lowest BCUT2D eigenvalue weighted by Gasteiger charge is -2.32. The first-order valence-corrected chi connectivity index (χ1v) is 10.5. The Morgan fingerprint density at radius 3 is 2.64 bits per heavy atom. The van der Waals surface area contributed by atoms with Crippen molar-refractivity contribution in [1.29, 1.82) is 0 Å². The maximum absolute atomic E-state index is 12.6. The minimum atomic E-state index is 0.0975. The third-order valence-electron chi connectivity index (χ3n) is 6.08. The molecule has 0 bridgehead atoms. The van der Waals surface area contributed by atoms with E-state index in [2.05, 4.69) is 35.3 Å². The Labute approximate surface area is 166 Å². The first-order valence-electron chi connectivity index (χ1n) is 10.5. The van der Waals surface area contributed by atoms with Crippen LogP contribution in [-0.4, -0.2) is 48.7 Å². The zero-order chi connectivity index (χ0) is 19.5. The fourth-order valence-corrected chi connectivity index (χ4v) is 4.20. The van der Waals surface area contributed by atoms with Gasteiger partial charge < -0.3 is 15.0 Å². The van der Waals surface area contributed by atoms with Crippen LogP contribution >= 0.6 is 0 Å². The molecular weight excluding hydrogens is 352 g/mol. The standard InChI is InChI=1S/C22H30N4O2/c1-15-3-4-20-19(13-15)16(2)24-22(25-20)26-9-5-18(6-10-26)21(27)23-14-17-7-11-28-12-8-17/h3-4,13,17-18H,5-12,14H2,1-2H3,(H,23,27). The highest BCUT2D eigenvalue weighted by molar-refractivity contribution is 5.82. The van der Waals surface area contributed by atoms with Gasteiger partial charge in [0.25, 0.3) is 0 Å². The minimum absolute atomic E-state index is 0.0975. The van der Waals surface area contributed by atoms with E-state index in [4.69, 9.17) is 14.7 Å². The van der Waals surface area contributed by atoms with Gasteiger partial charge in [0.15, 0.2) is 0 Å².